The third-order valence-corrected chi connectivity index (χ3v) is 5.23. The number of rotatable bonds is 5. The fourth-order valence-corrected chi connectivity index (χ4v) is 3.70. The van der Waals surface area contributed by atoms with Gasteiger partial charge in [0.2, 0.25) is 5.95 Å². The number of hydrogen-bond donors (Lipinski definition) is 0. The molecule has 3 aromatic heterocycles. The first-order chi connectivity index (χ1) is 14.3. The minimum absolute atomic E-state index is 0.282. The van der Waals surface area contributed by atoms with Crippen LogP contribution in [0.5, 0.6) is 5.75 Å². The quantitative estimate of drug-likeness (QED) is 0.502. The largest absolute Gasteiger partial charge is 0.497 e. The van der Waals surface area contributed by atoms with Crippen molar-refractivity contribution >= 4 is 11.2 Å². The number of methoxy groups -OCH3 is 1. The summed E-state index contributed by atoms with van der Waals surface area (Å²) < 4.78 is 11.4. The van der Waals surface area contributed by atoms with Crippen molar-refractivity contribution in [1.82, 2.24) is 28.5 Å². The molecule has 0 N–H and O–H groups in total. The zero-order valence-corrected chi connectivity index (χ0v) is 17.7. The van der Waals surface area contributed by atoms with Crippen LogP contribution < -0.4 is 16.0 Å². The predicted octanol–water partition coefficient (Wildman–Crippen LogP) is 1.78. The lowest BCUT2D eigenvalue weighted by Crippen LogP contribution is -2.39. The van der Waals surface area contributed by atoms with Crippen molar-refractivity contribution in [3.8, 4) is 11.7 Å². The third-order valence-electron chi connectivity index (χ3n) is 5.23. The van der Waals surface area contributed by atoms with Crippen LogP contribution in [-0.4, -0.2) is 35.6 Å². The molecule has 1 aromatic carbocycles. The predicted molar refractivity (Wildman–Crippen MR) is 114 cm³/mol. The summed E-state index contributed by atoms with van der Waals surface area (Å²) in [5.74, 6) is 1.25. The molecule has 4 aromatic rings. The lowest BCUT2D eigenvalue weighted by Gasteiger charge is -2.11. The highest BCUT2D eigenvalue weighted by atomic mass is 16.5. The molecule has 0 aliphatic carbocycles. The first-order valence-electron chi connectivity index (χ1n) is 9.72. The van der Waals surface area contributed by atoms with E-state index in [-0.39, 0.29) is 17.8 Å². The first-order valence-corrected chi connectivity index (χ1v) is 9.72. The summed E-state index contributed by atoms with van der Waals surface area (Å²) >= 11 is 0. The number of imidazole rings is 1. The number of aryl methyl sites for hydroxylation is 3. The zero-order chi connectivity index (χ0) is 21.6. The molecule has 0 fully saturated rings. The molecule has 0 bridgehead atoms. The van der Waals surface area contributed by atoms with Gasteiger partial charge in [-0.3, -0.25) is 18.5 Å². The van der Waals surface area contributed by atoms with Gasteiger partial charge in [-0.25, -0.2) is 9.48 Å². The van der Waals surface area contributed by atoms with Crippen molar-refractivity contribution in [3.05, 3.63) is 68.1 Å². The van der Waals surface area contributed by atoms with E-state index < -0.39 is 0 Å². The van der Waals surface area contributed by atoms with E-state index in [1.807, 2.05) is 48.7 Å². The van der Waals surface area contributed by atoms with Crippen LogP contribution in [0, 0.1) is 13.8 Å². The molecule has 0 amide bonds. The molecule has 0 atom stereocenters. The molecule has 30 heavy (non-hydrogen) atoms. The Morgan fingerprint density at radius 3 is 2.33 bits per heavy atom. The molecule has 9 heteroatoms. The molecule has 3 heterocycles. The number of ether oxygens (including phenoxy) is 1. The van der Waals surface area contributed by atoms with Crippen molar-refractivity contribution in [2.75, 3.05) is 7.11 Å². The number of benzene rings is 1. The standard InChI is InChI=1S/C21H24N6O3/c1-6-25-19(28)17-18(24(4)21(25)29)22-20(27-14(3)11-13(2)23-27)26(17)12-15-7-9-16(30-5)10-8-15/h7-11H,6,12H2,1-5H3. The molecule has 0 saturated carbocycles. The average Bonchev–Trinajstić information content (AvgIpc) is 3.26. The molecule has 156 valence electrons. The van der Waals surface area contributed by atoms with Gasteiger partial charge in [0.05, 0.1) is 19.3 Å². The van der Waals surface area contributed by atoms with E-state index in [2.05, 4.69) is 10.1 Å². The monoisotopic (exact) mass is 408 g/mol. The van der Waals surface area contributed by atoms with E-state index in [1.165, 1.54) is 9.13 Å². The van der Waals surface area contributed by atoms with Crippen molar-refractivity contribution < 1.29 is 4.74 Å². The normalized spacial score (nSPS) is 11.4. The average molecular weight is 408 g/mol. The van der Waals surface area contributed by atoms with E-state index in [0.29, 0.717) is 23.7 Å². The highest BCUT2D eigenvalue weighted by Crippen LogP contribution is 2.20. The molecule has 9 nitrogen and oxygen atoms in total. The minimum atomic E-state index is -0.385. The number of fused-ring (bicyclic) bond motifs is 1. The smallest absolute Gasteiger partial charge is 0.332 e. The number of hydrogen-bond acceptors (Lipinski definition) is 5. The van der Waals surface area contributed by atoms with Crippen molar-refractivity contribution in [1.29, 1.82) is 0 Å². The van der Waals surface area contributed by atoms with Crippen LogP contribution in [-0.2, 0) is 20.1 Å². The van der Waals surface area contributed by atoms with Gasteiger partial charge in [0.1, 0.15) is 5.75 Å². The maximum atomic E-state index is 13.2. The zero-order valence-electron chi connectivity index (χ0n) is 17.7. The molecule has 0 saturated heterocycles. The SMILES string of the molecule is CCn1c(=O)c2c(nc(-n3nc(C)cc3C)n2Cc2ccc(OC)cc2)n(C)c1=O. The minimum Gasteiger partial charge on any atom is -0.497 e. The van der Waals surface area contributed by atoms with Crippen LogP contribution >= 0.6 is 0 Å². The molecule has 0 spiro atoms. The van der Waals surface area contributed by atoms with Crippen LogP contribution in [0.2, 0.25) is 0 Å². The molecular weight excluding hydrogens is 384 g/mol. The second-order valence-electron chi connectivity index (χ2n) is 7.25. The van der Waals surface area contributed by atoms with Gasteiger partial charge < -0.3 is 4.74 Å². The molecule has 4 rings (SSSR count). The van der Waals surface area contributed by atoms with Crippen molar-refractivity contribution in [2.45, 2.75) is 33.9 Å². The van der Waals surface area contributed by atoms with Gasteiger partial charge in [0.25, 0.3) is 5.56 Å². The molecule has 0 aliphatic rings. The van der Waals surface area contributed by atoms with E-state index >= 15 is 0 Å². The van der Waals surface area contributed by atoms with E-state index in [1.54, 1.807) is 25.8 Å². The van der Waals surface area contributed by atoms with E-state index in [0.717, 1.165) is 22.7 Å². The topological polar surface area (TPSA) is 88.9 Å². The Bertz CT molecular complexity index is 1350. The van der Waals surface area contributed by atoms with Crippen LogP contribution in [0.25, 0.3) is 17.1 Å². The van der Waals surface area contributed by atoms with Gasteiger partial charge in [-0.05, 0) is 44.5 Å². The fraction of sp³-hybridized carbons (Fsp3) is 0.333. The number of aromatic nitrogens is 6. The first kappa shape index (κ1) is 19.7. The second-order valence-corrected chi connectivity index (χ2v) is 7.25. The maximum absolute atomic E-state index is 13.2. The number of nitrogens with zero attached hydrogens (tertiary/aromatic N) is 6. The maximum Gasteiger partial charge on any atom is 0.332 e. The Balaban J connectivity index is 2.04. The van der Waals surface area contributed by atoms with Crippen LogP contribution in [0.4, 0.5) is 0 Å². The van der Waals surface area contributed by atoms with Crippen molar-refractivity contribution in [3.63, 3.8) is 0 Å². The van der Waals surface area contributed by atoms with Crippen LogP contribution in [0.1, 0.15) is 23.9 Å². The Morgan fingerprint density at radius 2 is 1.77 bits per heavy atom. The third kappa shape index (κ3) is 3.02. The fourth-order valence-electron chi connectivity index (χ4n) is 3.70. The van der Waals surface area contributed by atoms with Gasteiger partial charge in [-0.15, -0.1) is 0 Å². The second kappa shape index (κ2) is 7.33. The Morgan fingerprint density at radius 1 is 1.07 bits per heavy atom. The Labute approximate surface area is 172 Å². The Kier molecular flexibility index (Phi) is 4.81. The summed E-state index contributed by atoms with van der Waals surface area (Å²) in [7, 11) is 3.25. The highest BCUT2D eigenvalue weighted by molar-refractivity contribution is 5.73. The molecule has 0 aliphatic heterocycles. The van der Waals surface area contributed by atoms with Crippen molar-refractivity contribution in [2.24, 2.45) is 7.05 Å². The Hall–Kier alpha value is -3.62. The van der Waals surface area contributed by atoms with Gasteiger partial charge >= 0.3 is 5.69 Å². The van der Waals surface area contributed by atoms with Crippen LogP contribution in [0.15, 0.2) is 39.9 Å². The molecular formula is C21H24N6O3. The molecule has 0 radical (unpaired) electrons. The van der Waals surface area contributed by atoms with Gasteiger partial charge in [-0.2, -0.15) is 10.1 Å². The summed E-state index contributed by atoms with van der Waals surface area (Å²) in [4.78, 5) is 30.5. The van der Waals surface area contributed by atoms with Gasteiger partial charge in [0, 0.05) is 19.3 Å². The van der Waals surface area contributed by atoms with Crippen LogP contribution in [0.3, 0.4) is 0 Å². The summed E-state index contributed by atoms with van der Waals surface area (Å²) in [6.07, 6.45) is 0. The van der Waals surface area contributed by atoms with Gasteiger partial charge in [0.15, 0.2) is 11.2 Å². The molecule has 0 unspecified atom stereocenters. The summed E-state index contributed by atoms with van der Waals surface area (Å²) in [5, 5.41) is 4.55. The lowest BCUT2D eigenvalue weighted by atomic mass is 10.2. The summed E-state index contributed by atoms with van der Waals surface area (Å²) in [6.45, 7) is 6.29. The summed E-state index contributed by atoms with van der Waals surface area (Å²) in [5.41, 5.74) is 2.67. The lowest BCUT2D eigenvalue weighted by molar-refractivity contribution is 0.414. The summed E-state index contributed by atoms with van der Waals surface area (Å²) in [6, 6.07) is 9.57. The highest BCUT2D eigenvalue weighted by Gasteiger charge is 2.22. The van der Waals surface area contributed by atoms with E-state index in [4.69, 9.17) is 4.74 Å². The van der Waals surface area contributed by atoms with E-state index in [9.17, 15) is 9.59 Å². The van der Waals surface area contributed by atoms with Gasteiger partial charge in [-0.1, -0.05) is 12.1 Å².